The summed E-state index contributed by atoms with van der Waals surface area (Å²) < 4.78 is 7.28. The fourth-order valence-electron chi connectivity index (χ4n) is 2.53. The summed E-state index contributed by atoms with van der Waals surface area (Å²) in [6.07, 6.45) is 3.64. The quantitative estimate of drug-likeness (QED) is 0.713. The molecule has 0 saturated heterocycles. The molecule has 0 atom stereocenters. The standard InChI is InChI=1S/C20H18N4O2/c21-12-16-6-3-4-9-19(16)26-15-20(25)22-13-17-7-1-2-8-18(17)14-24-11-5-10-23-24/h1-11H,13-15H2,(H,22,25). The van der Waals surface area contributed by atoms with Crippen molar-refractivity contribution in [1.29, 1.82) is 5.26 Å². The minimum atomic E-state index is -0.244. The second-order valence-corrected chi connectivity index (χ2v) is 5.65. The number of carbonyl (C=O) groups excluding carboxylic acids is 1. The van der Waals surface area contributed by atoms with Gasteiger partial charge in [-0.15, -0.1) is 0 Å². The predicted octanol–water partition coefficient (Wildman–Crippen LogP) is 2.50. The molecular weight excluding hydrogens is 328 g/mol. The van der Waals surface area contributed by atoms with Crippen molar-refractivity contribution in [3.8, 4) is 11.8 Å². The van der Waals surface area contributed by atoms with E-state index in [1.165, 1.54) is 0 Å². The highest BCUT2D eigenvalue weighted by atomic mass is 16.5. The first kappa shape index (κ1) is 17.2. The lowest BCUT2D eigenvalue weighted by molar-refractivity contribution is -0.123. The average Bonchev–Trinajstić information content (AvgIpc) is 3.19. The van der Waals surface area contributed by atoms with Crippen LogP contribution in [0, 0.1) is 11.3 Å². The highest BCUT2D eigenvalue weighted by Crippen LogP contribution is 2.16. The van der Waals surface area contributed by atoms with Crippen molar-refractivity contribution in [3.63, 3.8) is 0 Å². The van der Waals surface area contributed by atoms with Crippen LogP contribution >= 0.6 is 0 Å². The highest BCUT2D eigenvalue weighted by molar-refractivity contribution is 5.77. The molecule has 3 aromatic rings. The predicted molar refractivity (Wildman–Crippen MR) is 96.3 cm³/mol. The third-order valence-electron chi connectivity index (χ3n) is 3.85. The van der Waals surface area contributed by atoms with E-state index in [1.54, 1.807) is 30.5 Å². The molecule has 0 spiro atoms. The number of benzene rings is 2. The van der Waals surface area contributed by atoms with Crippen molar-refractivity contribution in [2.75, 3.05) is 6.61 Å². The number of nitriles is 1. The molecule has 1 aromatic heterocycles. The maximum atomic E-state index is 12.1. The van der Waals surface area contributed by atoms with Crippen molar-refractivity contribution >= 4 is 5.91 Å². The molecule has 130 valence electrons. The summed E-state index contributed by atoms with van der Waals surface area (Å²) in [6, 6.07) is 18.7. The van der Waals surface area contributed by atoms with Crippen LogP contribution in [0.15, 0.2) is 67.0 Å². The minimum Gasteiger partial charge on any atom is -0.482 e. The van der Waals surface area contributed by atoms with Gasteiger partial charge in [0.25, 0.3) is 5.91 Å². The van der Waals surface area contributed by atoms with E-state index in [2.05, 4.69) is 10.4 Å². The SMILES string of the molecule is N#Cc1ccccc1OCC(=O)NCc1ccccc1Cn1cccn1. The summed E-state index contributed by atoms with van der Waals surface area (Å²) >= 11 is 0. The van der Waals surface area contributed by atoms with Crippen LogP contribution in [0.4, 0.5) is 0 Å². The Morgan fingerprint density at radius 2 is 1.88 bits per heavy atom. The van der Waals surface area contributed by atoms with Gasteiger partial charge in [-0.1, -0.05) is 36.4 Å². The summed E-state index contributed by atoms with van der Waals surface area (Å²) in [7, 11) is 0. The van der Waals surface area contributed by atoms with E-state index >= 15 is 0 Å². The van der Waals surface area contributed by atoms with E-state index in [0.29, 0.717) is 24.4 Å². The largest absolute Gasteiger partial charge is 0.482 e. The molecule has 1 heterocycles. The summed E-state index contributed by atoms with van der Waals surface area (Å²) in [4.78, 5) is 12.1. The smallest absolute Gasteiger partial charge is 0.258 e. The second kappa shape index (κ2) is 8.49. The first-order valence-electron chi connectivity index (χ1n) is 8.19. The minimum absolute atomic E-state index is 0.139. The molecule has 3 rings (SSSR count). The lowest BCUT2D eigenvalue weighted by atomic mass is 10.1. The Morgan fingerprint density at radius 3 is 2.65 bits per heavy atom. The molecule has 0 radical (unpaired) electrons. The molecular formula is C20H18N4O2. The van der Waals surface area contributed by atoms with Gasteiger partial charge in [0.1, 0.15) is 11.8 Å². The topological polar surface area (TPSA) is 79.9 Å². The lowest BCUT2D eigenvalue weighted by Gasteiger charge is -2.12. The molecule has 0 unspecified atom stereocenters. The number of hydrogen-bond donors (Lipinski definition) is 1. The molecule has 0 saturated carbocycles. The van der Waals surface area contributed by atoms with Gasteiger partial charge in [-0.25, -0.2) is 0 Å². The van der Waals surface area contributed by atoms with Crippen LogP contribution in [0.2, 0.25) is 0 Å². The maximum absolute atomic E-state index is 12.1. The zero-order valence-electron chi connectivity index (χ0n) is 14.1. The Hall–Kier alpha value is -3.59. The van der Waals surface area contributed by atoms with Gasteiger partial charge in [-0.2, -0.15) is 10.4 Å². The maximum Gasteiger partial charge on any atom is 0.258 e. The molecule has 0 aliphatic rings. The third-order valence-corrected chi connectivity index (χ3v) is 3.85. The van der Waals surface area contributed by atoms with Gasteiger partial charge in [0, 0.05) is 18.9 Å². The van der Waals surface area contributed by atoms with E-state index in [4.69, 9.17) is 10.00 Å². The molecule has 0 aliphatic heterocycles. The normalized spacial score (nSPS) is 10.1. The number of aromatic nitrogens is 2. The molecule has 1 amide bonds. The molecule has 26 heavy (non-hydrogen) atoms. The van der Waals surface area contributed by atoms with E-state index in [-0.39, 0.29) is 12.5 Å². The lowest BCUT2D eigenvalue weighted by Crippen LogP contribution is -2.29. The van der Waals surface area contributed by atoms with Crippen molar-refractivity contribution in [1.82, 2.24) is 15.1 Å². The second-order valence-electron chi connectivity index (χ2n) is 5.65. The first-order valence-corrected chi connectivity index (χ1v) is 8.19. The summed E-state index contributed by atoms with van der Waals surface area (Å²) in [5.41, 5.74) is 2.52. The molecule has 1 N–H and O–H groups in total. The van der Waals surface area contributed by atoms with Crippen LogP contribution in [0.25, 0.3) is 0 Å². The van der Waals surface area contributed by atoms with E-state index in [0.717, 1.165) is 11.1 Å². The van der Waals surface area contributed by atoms with Gasteiger partial charge in [0.2, 0.25) is 0 Å². The van der Waals surface area contributed by atoms with Gasteiger partial charge in [0.15, 0.2) is 6.61 Å². The highest BCUT2D eigenvalue weighted by Gasteiger charge is 2.08. The number of ether oxygens (including phenoxy) is 1. The Balaban J connectivity index is 1.56. The zero-order chi connectivity index (χ0) is 18.2. The number of hydrogen-bond acceptors (Lipinski definition) is 4. The number of rotatable bonds is 7. The fourth-order valence-corrected chi connectivity index (χ4v) is 2.53. The molecule has 2 aromatic carbocycles. The van der Waals surface area contributed by atoms with E-state index in [1.807, 2.05) is 47.3 Å². The van der Waals surface area contributed by atoms with Crippen molar-refractivity contribution in [3.05, 3.63) is 83.7 Å². The van der Waals surface area contributed by atoms with Gasteiger partial charge in [0.05, 0.1) is 12.1 Å². The number of amides is 1. The van der Waals surface area contributed by atoms with Crippen LogP contribution in [-0.4, -0.2) is 22.3 Å². The summed E-state index contributed by atoms with van der Waals surface area (Å²) in [6.45, 7) is 0.907. The fraction of sp³-hybridized carbons (Fsp3) is 0.150. The van der Waals surface area contributed by atoms with Gasteiger partial charge in [-0.3, -0.25) is 9.48 Å². The summed E-state index contributed by atoms with van der Waals surface area (Å²) in [5, 5.41) is 16.1. The first-order chi connectivity index (χ1) is 12.8. The van der Waals surface area contributed by atoms with Crippen LogP contribution in [0.3, 0.4) is 0 Å². The van der Waals surface area contributed by atoms with Crippen LogP contribution in [-0.2, 0) is 17.9 Å². The van der Waals surface area contributed by atoms with E-state index < -0.39 is 0 Å². The third kappa shape index (κ3) is 4.48. The number of nitrogens with one attached hydrogen (secondary N) is 1. The van der Waals surface area contributed by atoms with Crippen molar-refractivity contribution in [2.24, 2.45) is 0 Å². The molecule has 0 aliphatic carbocycles. The Labute approximate surface area is 151 Å². The number of carbonyl (C=O) groups is 1. The Kier molecular flexibility index (Phi) is 5.63. The molecule has 0 fully saturated rings. The Morgan fingerprint density at radius 1 is 1.12 bits per heavy atom. The van der Waals surface area contributed by atoms with Gasteiger partial charge < -0.3 is 10.1 Å². The average molecular weight is 346 g/mol. The van der Waals surface area contributed by atoms with Crippen molar-refractivity contribution < 1.29 is 9.53 Å². The van der Waals surface area contributed by atoms with Crippen LogP contribution in [0.1, 0.15) is 16.7 Å². The van der Waals surface area contributed by atoms with Crippen molar-refractivity contribution in [2.45, 2.75) is 13.1 Å². The molecule has 0 bridgehead atoms. The summed E-state index contributed by atoms with van der Waals surface area (Å²) in [5.74, 6) is 0.163. The van der Waals surface area contributed by atoms with Gasteiger partial charge in [-0.05, 0) is 29.3 Å². The number of nitrogens with zero attached hydrogens (tertiary/aromatic N) is 3. The van der Waals surface area contributed by atoms with Gasteiger partial charge >= 0.3 is 0 Å². The number of para-hydroxylation sites is 1. The monoisotopic (exact) mass is 346 g/mol. The van der Waals surface area contributed by atoms with E-state index in [9.17, 15) is 4.79 Å². The molecule has 6 nitrogen and oxygen atoms in total. The van der Waals surface area contributed by atoms with Crippen LogP contribution < -0.4 is 10.1 Å². The Bertz CT molecular complexity index is 914. The molecule has 6 heteroatoms. The van der Waals surface area contributed by atoms with Crippen LogP contribution in [0.5, 0.6) is 5.75 Å². The zero-order valence-corrected chi connectivity index (χ0v) is 14.1.